The van der Waals surface area contributed by atoms with Crippen LogP contribution in [0, 0.1) is 12.8 Å². The number of rotatable bonds is 3. The molecule has 106 valence electrons. The van der Waals surface area contributed by atoms with Crippen molar-refractivity contribution >= 4 is 17.4 Å². The highest BCUT2D eigenvalue weighted by atomic mass is 35.5. The van der Waals surface area contributed by atoms with Gasteiger partial charge in [-0.15, -0.1) is 0 Å². The molecule has 1 saturated heterocycles. The molecule has 0 saturated carbocycles. The van der Waals surface area contributed by atoms with E-state index < -0.39 is 0 Å². The molecule has 0 radical (unpaired) electrons. The number of likely N-dealkylation sites (tertiary alicyclic amines) is 1. The molecule has 0 amide bonds. The van der Waals surface area contributed by atoms with Crippen LogP contribution in [0.5, 0.6) is 0 Å². The van der Waals surface area contributed by atoms with Crippen molar-refractivity contribution in [3.63, 3.8) is 0 Å². The topological polar surface area (TPSA) is 41.1 Å². The Bertz CT molecular complexity index is 449. The predicted octanol–water partition coefficient (Wildman–Crippen LogP) is 2.75. The van der Waals surface area contributed by atoms with Crippen LogP contribution in [0.3, 0.4) is 0 Å². The number of aryl methyl sites for hydroxylation is 1. The molecule has 1 fully saturated rings. The number of halogens is 1. The number of nitrogens with zero attached hydrogens (tertiary/aromatic N) is 3. The molecule has 0 aromatic carbocycles. The molecule has 2 atom stereocenters. The van der Waals surface area contributed by atoms with Gasteiger partial charge >= 0.3 is 0 Å². The van der Waals surface area contributed by atoms with Crippen LogP contribution in [0.2, 0.25) is 5.15 Å². The van der Waals surface area contributed by atoms with Gasteiger partial charge in [-0.1, -0.05) is 25.4 Å². The van der Waals surface area contributed by atoms with Gasteiger partial charge in [0.1, 0.15) is 16.8 Å². The first-order chi connectivity index (χ1) is 9.01. The van der Waals surface area contributed by atoms with Crippen LogP contribution in [-0.4, -0.2) is 41.0 Å². The number of hydrogen-bond acceptors (Lipinski definition) is 4. The summed E-state index contributed by atoms with van der Waals surface area (Å²) in [5.74, 6) is 2.31. The lowest BCUT2D eigenvalue weighted by atomic mass is 9.94. The first-order valence-electron chi connectivity index (χ1n) is 6.99. The summed E-state index contributed by atoms with van der Waals surface area (Å²) in [5, 5.41) is 4.14. The molecular formula is C14H23ClN4. The second-order valence-corrected chi connectivity index (χ2v) is 5.89. The third-order valence-electron chi connectivity index (χ3n) is 3.88. The lowest BCUT2D eigenvalue weighted by Crippen LogP contribution is -2.43. The molecule has 1 aromatic heterocycles. The first-order valence-corrected chi connectivity index (χ1v) is 7.37. The fraction of sp³-hybridized carbons (Fsp3) is 0.714. The van der Waals surface area contributed by atoms with E-state index >= 15 is 0 Å². The van der Waals surface area contributed by atoms with Crippen molar-refractivity contribution in [1.82, 2.24) is 14.9 Å². The summed E-state index contributed by atoms with van der Waals surface area (Å²) in [7, 11) is 2.18. The Morgan fingerprint density at radius 1 is 1.42 bits per heavy atom. The molecule has 4 nitrogen and oxygen atoms in total. The molecule has 1 aliphatic rings. The lowest BCUT2D eigenvalue weighted by molar-refractivity contribution is 0.206. The SMILES string of the molecule is CCc1nc(Cl)c(C)c(NC2CCN(C)CC2C)n1. The molecule has 19 heavy (non-hydrogen) atoms. The van der Waals surface area contributed by atoms with Gasteiger partial charge in [-0.05, 0) is 32.9 Å². The van der Waals surface area contributed by atoms with Crippen molar-refractivity contribution in [2.75, 3.05) is 25.5 Å². The van der Waals surface area contributed by atoms with Crippen molar-refractivity contribution in [2.45, 2.75) is 39.7 Å². The Hall–Kier alpha value is -0.870. The molecule has 2 unspecified atom stereocenters. The van der Waals surface area contributed by atoms with E-state index in [1.165, 1.54) is 0 Å². The molecule has 2 rings (SSSR count). The van der Waals surface area contributed by atoms with E-state index in [9.17, 15) is 0 Å². The summed E-state index contributed by atoms with van der Waals surface area (Å²) in [6.45, 7) is 8.55. The van der Waals surface area contributed by atoms with E-state index in [2.05, 4.69) is 34.2 Å². The summed E-state index contributed by atoms with van der Waals surface area (Å²) in [6, 6.07) is 0.463. The van der Waals surface area contributed by atoms with Crippen LogP contribution < -0.4 is 5.32 Å². The quantitative estimate of drug-likeness (QED) is 0.866. The molecular weight excluding hydrogens is 260 g/mol. The normalized spacial score (nSPS) is 24.5. The summed E-state index contributed by atoms with van der Waals surface area (Å²) < 4.78 is 0. The first kappa shape index (κ1) is 14.5. The van der Waals surface area contributed by atoms with Crippen molar-refractivity contribution in [2.24, 2.45) is 5.92 Å². The number of aromatic nitrogens is 2. The van der Waals surface area contributed by atoms with Crippen molar-refractivity contribution in [1.29, 1.82) is 0 Å². The maximum Gasteiger partial charge on any atom is 0.137 e. The van der Waals surface area contributed by atoms with Crippen LogP contribution in [0.4, 0.5) is 5.82 Å². The van der Waals surface area contributed by atoms with Gasteiger partial charge < -0.3 is 10.2 Å². The van der Waals surface area contributed by atoms with Crippen LogP contribution in [0.25, 0.3) is 0 Å². The number of nitrogens with one attached hydrogen (secondary N) is 1. The average molecular weight is 283 g/mol. The zero-order chi connectivity index (χ0) is 14.0. The maximum atomic E-state index is 6.18. The fourth-order valence-electron chi connectivity index (χ4n) is 2.58. The molecule has 1 N–H and O–H groups in total. The Morgan fingerprint density at radius 2 is 2.16 bits per heavy atom. The minimum absolute atomic E-state index is 0.463. The van der Waals surface area contributed by atoms with Crippen molar-refractivity contribution < 1.29 is 0 Å². The van der Waals surface area contributed by atoms with Crippen LogP contribution >= 0.6 is 11.6 Å². The van der Waals surface area contributed by atoms with Crippen molar-refractivity contribution in [3.05, 3.63) is 16.5 Å². The van der Waals surface area contributed by atoms with E-state index in [0.29, 0.717) is 17.1 Å². The largest absolute Gasteiger partial charge is 0.367 e. The second-order valence-electron chi connectivity index (χ2n) is 5.54. The van der Waals surface area contributed by atoms with E-state index in [0.717, 1.165) is 43.1 Å². The Labute approximate surface area is 120 Å². The minimum Gasteiger partial charge on any atom is -0.367 e. The molecule has 1 aliphatic heterocycles. The minimum atomic E-state index is 0.463. The smallest absolute Gasteiger partial charge is 0.137 e. The van der Waals surface area contributed by atoms with Crippen LogP contribution in [0.15, 0.2) is 0 Å². The highest BCUT2D eigenvalue weighted by Crippen LogP contribution is 2.24. The fourth-order valence-corrected chi connectivity index (χ4v) is 2.76. The third kappa shape index (κ3) is 3.37. The van der Waals surface area contributed by atoms with Crippen molar-refractivity contribution in [3.8, 4) is 0 Å². The summed E-state index contributed by atoms with van der Waals surface area (Å²) in [5.41, 5.74) is 0.949. The average Bonchev–Trinajstić information content (AvgIpc) is 2.37. The molecule has 5 heteroatoms. The van der Waals surface area contributed by atoms with Gasteiger partial charge in [0.2, 0.25) is 0 Å². The predicted molar refractivity (Wildman–Crippen MR) is 79.8 cm³/mol. The monoisotopic (exact) mass is 282 g/mol. The Kier molecular flexibility index (Phi) is 4.63. The molecule has 0 spiro atoms. The molecule has 1 aromatic rings. The number of hydrogen-bond donors (Lipinski definition) is 1. The Morgan fingerprint density at radius 3 is 2.79 bits per heavy atom. The van der Waals surface area contributed by atoms with E-state index in [1.54, 1.807) is 0 Å². The number of anilines is 1. The van der Waals surface area contributed by atoms with Gasteiger partial charge in [0.15, 0.2) is 0 Å². The Balaban J connectivity index is 2.16. The van der Waals surface area contributed by atoms with E-state index in [-0.39, 0.29) is 0 Å². The van der Waals surface area contributed by atoms with E-state index in [4.69, 9.17) is 11.6 Å². The highest BCUT2D eigenvalue weighted by molar-refractivity contribution is 6.30. The third-order valence-corrected chi connectivity index (χ3v) is 4.25. The standard InChI is InChI=1S/C14H23ClN4/c1-5-12-17-13(15)10(3)14(18-12)16-11-6-7-19(4)8-9(11)2/h9,11H,5-8H2,1-4H3,(H,16,17,18). The van der Waals surface area contributed by atoms with E-state index in [1.807, 2.05) is 13.8 Å². The van der Waals surface area contributed by atoms with Gasteiger partial charge in [0.25, 0.3) is 0 Å². The van der Waals surface area contributed by atoms with Crippen LogP contribution in [0.1, 0.15) is 31.7 Å². The zero-order valence-electron chi connectivity index (χ0n) is 12.2. The maximum absolute atomic E-state index is 6.18. The summed E-state index contributed by atoms with van der Waals surface area (Å²) in [4.78, 5) is 11.2. The molecule has 0 bridgehead atoms. The van der Waals surface area contributed by atoms with Gasteiger partial charge in [-0.25, -0.2) is 9.97 Å². The van der Waals surface area contributed by atoms with Gasteiger partial charge in [-0.3, -0.25) is 0 Å². The molecule has 0 aliphatic carbocycles. The van der Waals surface area contributed by atoms with Gasteiger partial charge in [-0.2, -0.15) is 0 Å². The second kappa shape index (κ2) is 6.06. The van der Waals surface area contributed by atoms with Gasteiger partial charge in [0.05, 0.1) is 0 Å². The highest BCUT2D eigenvalue weighted by Gasteiger charge is 2.25. The number of piperidine rings is 1. The zero-order valence-corrected chi connectivity index (χ0v) is 13.0. The summed E-state index contributed by atoms with van der Waals surface area (Å²) in [6.07, 6.45) is 1.94. The lowest BCUT2D eigenvalue weighted by Gasteiger charge is -2.35. The molecule has 2 heterocycles. The summed E-state index contributed by atoms with van der Waals surface area (Å²) >= 11 is 6.18. The van der Waals surface area contributed by atoms with Crippen LogP contribution in [-0.2, 0) is 6.42 Å². The van der Waals surface area contributed by atoms with Gasteiger partial charge in [0, 0.05) is 24.6 Å².